The van der Waals surface area contributed by atoms with E-state index in [1.807, 2.05) is 0 Å². The molecular formula is C13H18N2O4. The molecule has 0 saturated heterocycles. The molecule has 1 aliphatic rings. The molecule has 6 heteroatoms. The van der Waals surface area contributed by atoms with E-state index in [1.54, 1.807) is 13.0 Å². The third-order valence-electron chi connectivity index (χ3n) is 3.60. The van der Waals surface area contributed by atoms with Crippen molar-refractivity contribution in [1.29, 1.82) is 0 Å². The van der Waals surface area contributed by atoms with Crippen LogP contribution in [0, 0.1) is 18.8 Å². The smallest absolute Gasteiger partial charge is 0.306 e. The van der Waals surface area contributed by atoms with Crippen LogP contribution in [0.3, 0.4) is 0 Å². The van der Waals surface area contributed by atoms with Crippen molar-refractivity contribution >= 4 is 11.9 Å². The van der Waals surface area contributed by atoms with Gasteiger partial charge < -0.3 is 14.9 Å². The lowest BCUT2D eigenvalue weighted by Gasteiger charge is -2.25. The monoisotopic (exact) mass is 266 g/mol. The van der Waals surface area contributed by atoms with E-state index >= 15 is 0 Å². The molecule has 0 bridgehead atoms. The molecule has 0 aliphatic heterocycles. The number of amides is 1. The molecule has 1 amide bonds. The summed E-state index contributed by atoms with van der Waals surface area (Å²) in [4.78, 5) is 22.6. The number of aryl methyl sites for hydroxylation is 1. The Balaban J connectivity index is 1.75. The molecule has 6 nitrogen and oxygen atoms in total. The highest BCUT2D eigenvalue weighted by molar-refractivity contribution is 5.91. The number of rotatable bonds is 4. The van der Waals surface area contributed by atoms with Crippen molar-refractivity contribution in [2.24, 2.45) is 11.8 Å². The maximum Gasteiger partial charge on any atom is 0.306 e. The summed E-state index contributed by atoms with van der Waals surface area (Å²) in [5, 5.41) is 15.4. The van der Waals surface area contributed by atoms with Crippen LogP contribution in [-0.4, -0.2) is 28.7 Å². The summed E-state index contributed by atoms with van der Waals surface area (Å²) in [6.07, 6.45) is 3.06. The number of aliphatic carboxylic acids is 1. The molecule has 104 valence electrons. The summed E-state index contributed by atoms with van der Waals surface area (Å²) >= 11 is 0. The van der Waals surface area contributed by atoms with Gasteiger partial charge in [-0.15, -0.1) is 0 Å². The Morgan fingerprint density at radius 3 is 2.63 bits per heavy atom. The molecule has 0 aromatic carbocycles. The largest absolute Gasteiger partial charge is 0.481 e. The van der Waals surface area contributed by atoms with Crippen LogP contribution in [0.5, 0.6) is 0 Å². The van der Waals surface area contributed by atoms with E-state index in [0.717, 1.165) is 12.8 Å². The van der Waals surface area contributed by atoms with Crippen LogP contribution in [0.15, 0.2) is 10.6 Å². The molecule has 0 spiro atoms. The second kappa shape index (κ2) is 5.86. The first-order valence-corrected chi connectivity index (χ1v) is 6.50. The lowest BCUT2D eigenvalue weighted by Crippen LogP contribution is -2.32. The third-order valence-corrected chi connectivity index (χ3v) is 3.60. The molecule has 0 unspecified atom stereocenters. The minimum atomic E-state index is -0.709. The van der Waals surface area contributed by atoms with Gasteiger partial charge in [0.2, 0.25) is 5.76 Å². The van der Waals surface area contributed by atoms with Gasteiger partial charge in [0.05, 0.1) is 11.6 Å². The summed E-state index contributed by atoms with van der Waals surface area (Å²) in [7, 11) is 0. The second-order valence-corrected chi connectivity index (χ2v) is 5.10. The Morgan fingerprint density at radius 1 is 1.42 bits per heavy atom. The molecule has 1 fully saturated rings. The van der Waals surface area contributed by atoms with Crippen molar-refractivity contribution in [2.45, 2.75) is 32.6 Å². The standard InChI is InChI=1S/C13H18N2O4/c1-8-6-11(19-15-8)12(16)14-7-9-2-4-10(5-3-9)13(17)18/h6,9-10H,2-5,7H2,1H3,(H,14,16)(H,17,18). The Labute approximate surface area is 111 Å². The van der Waals surface area contributed by atoms with E-state index in [1.165, 1.54) is 0 Å². The van der Waals surface area contributed by atoms with Crippen LogP contribution >= 0.6 is 0 Å². The van der Waals surface area contributed by atoms with Crippen molar-refractivity contribution in [3.8, 4) is 0 Å². The summed E-state index contributed by atoms with van der Waals surface area (Å²) in [6.45, 7) is 2.32. The summed E-state index contributed by atoms with van der Waals surface area (Å²) in [5.41, 5.74) is 0.673. The number of nitrogens with one attached hydrogen (secondary N) is 1. The van der Waals surface area contributed by atoms with Gasteiger partial charge in [-0.05, 0) is 38.5 Å². The number of nitrogens with zero attached hydrogens (tertiary/aromatic N) is 1. The minimum Gasteiger partial charge on any atom is -0.481 e. The van der Waals surface area contributed by atoms with Gasteiger partial charge in [-0.2, -0.15) is 0 Å². The summed E-state index contributed by atoms with van der Waals surface area (Å²) < 4.78 is 4.87. The van der Waals surface area contributed by atoms with Gasteiger partial charge in [-0.1, -0.05) is 5.16 Å². The zero-order valence-corrected chi connectivity index (χ0v) is 10.9. The predicted octanol–water partition coefficient (Wildman–Crippen LogP) is 1.60. The average Bonchev–Trinajstić information content (AvgIpc) is 2.83. The molecule has 1 heterocycles. The molecular weight excluding hydrogens is 248 g/mol. The van der Waals surface area contributed by atoms with Gasteiger partial charge in [-0.25, -0.2) is 0 Å². The van der Waals surface area contributed by atoms with Crippen LogP contribution in [0.1, 0.15) is 41.9 Å². The van der Waals surface area contributed by atoms with Gasteiger partial charge in [0.1, 0.15) is 0 Å². The van der Waals surface area contributed by atoms with Crippen LogP contribution in [0.25, 0.3) is 0 Å². The van der Waals surface area contributed by atoms with E-state index in [9.17, 15) is 9.59 Å². The average molecular weight is 266 g/mol. The topological polar surface area (TPSA) is 92.4 Å². The second-order valence-electron chi connectivity index (χ2n) is 5.10. The molecule has 2 rings (SSSR count). The van der Waals surface area contributed by atoms with Crippen molar-refractivity contribution in [1.82, 2.24) is 10.5 Å². The van der Waals surface area contributed by atoms with E-state index in [-0.39, 0.29) is 17.6 Å². The van der Waals surface area contributed by atoms with Crippen LogP contribution in [-0.2, 0) is 4.79 Å². The maximum absolute atomic E-state index is 11.7. The molecule has 19 heavy (non-hydrogen) atoms. The highest BCUT2D eigenvalue weighted by Gasteiger charge is 2.26. The van der Waals surface area contributed by atoms with Gasteiger partial charge in [0, 0.05) is 12.6 Å². The number of carboxylic acids is 1. The van der Waals surface area contributed by atoms with E-state index in [4.69, 9.17) is 9.63 Å². The molecule has 0 radical (unpaired) electrons. The number of carboxylic acid groups (broad SMARTS) is 1. The van der Waals surface area contributed by atoms with Gasteiger partial charge in [0.15, 0.2) is 0 Å². The molecule has 2 N–H and O–H groups in total. The first-order chi connectivity index (χ1) is 9.06. The Kier molecular flexibility index (Phi) is 4.19. The van der Waals surface area contributed by atoms with Gasteiger partial charge in [0.25, 0.3) is 5.91 Å². The molecule has 1 aliphatic carbocycles. The van der Waals surface area contributed by atoms with Crippen LogP contribution in [0.2, 0.25) is 0 Å². The fraction of sp³-hybridized carbons (Fsp3) is 0.615. The Hall–Kier alpha value is -1.85. The fourth-order valence-corrected chi connectivity index (χ4v) is 2.41. The SMILES string of the molecule is Cc1cc(C(=O)NCC2CCC(C(=O)O)CC2)on1. The summed E-state index contributed by atoms with van der Waals surface area (Å²) in [5.74, 6) is -0.621. The van der Waals surface area contributed by atoms with Crippen LogP contribution < -0.4 is 5.32 Å². The highest BCUT2D eigenvalue weighted by atomic mass is 16.5. The first-order valence-electron chi connectivity index (χ1n) is 6.50. The van der Waals surface area contributed by atoms with Crippen molar-refractivity contribution in [3.05, 3.63) is 17.5 Å². The molecule has 1 saturated carbocycles. The Bertz CT molecular complexity index is 461. The third kappa shape index (κ3) is 3.56. The van der Waals surface area contributed by atoms with Crippen molar-refractivity contribution in [3.63, 3.8) is 0 Å². The quantitative estimate of drug-likeness (QED) is 0.863. The minimum absolute atomic E-state index is 0.219. The van der Waals surface area contributed by atoms with Crippen LogP contribution in [0.4, 0.5) is 0 Å². The zero-order valence-electron chi connectivity index (χ0n) is 10.9. The summed E-state index contributed by atoms with van der Waals surface area (Å²) in [6, 6.07) is 1.59. The predicted molar refractivity (Wildman–Crippen MR) is 66.7 cm³/mol. The number of carbonyl (C=O) groups is 2. The fourth-order valence-electron chi connectivity index (χ4n) is 2.41. The van der Waals surface area contributed by atoms with Crippen molar-refractivity contribution in [2.75, 3.05) is 6.54 Å². The first kappa shape index (κ1) is 13.6. The van der Waals surface area contributed by atoms with Gasteiger partial charge in [-0.3, -0.25) is 9.59 Å². The number of hydrogen-bond donors (Lipinski definition) is 2. The molecule has 1 aromatic heterocycles. The van der Waals surface area contributed by atoms with Crippen molar-refractivity contribution < 1.29 is 19.2 Å². The molecule has 1 aromatic rings. The maximum atomic E-state index is 11.7. The van der Waals surface area contributed by atoms with E-state index in [0.29, 0.717) is 31.0 Å². The van der Waals surface area contributed by atoms with E-state index < -0.39 is 5.97 Å². The lowest BCUT2D eigenvalue weighted by molar-refractivity contribution is -0.143. The zero-order chi connectivity index (χ0) is 13.8. The normalized spacial score (nSPS) is 23.0. The van der Waals surface area contributed by atoms with E-state index in [2.05, 4.69) is 10.5 Å². The number of aromatic nitrogens is 1. The lowest BCUT2D eigenvalue weighted by atomic mass is 9.82. The Morgan fingerprint density at radius 2 is 2.11 bits per heavy atom. The highest BCUT2D eigenvalue weighted by Crippen LogP contribution is 2.28. The number of carbonyl (C=O) groups excluding carboxylic acids is 1. The van der Waals surface area contributed by atoms with Gasteiger partial charge >= 0.3 is 5.97 Å². The number of hydrogen-bond acceptors (Lipinski definition) is 4. The molecule has 0 atom stereocenters.